The van der Waals surface area contributed by atoms with E-state index in [1.54, 1.807) is 11.8 Å². The molecular weight excluding hydrogens is 492 g/mol. The molecule has 2 fully saturated rings. The molecule has 36 heavy (non-hydrogen) atoms. The molecule has 0 radical (unpaired) electrons. The number of amides is 1. The van der Waals surface area contributed by atoms with Crippen LogP contribution in [0, 0.1) is 16.0 Å². The van der Waals surface area contributed by atoms with Crippen LogP contribution in [-0.2, 0) is 19.1 Å². The van der Waals surface area contributed by atoms with Gasteiger partial charge in [0.25, 0.3) is 5.69 Å². The zero-order chi connectivity index (χ0) is 25.5. The first-order valence-electron chi connectivity index (χ1n) is 11.0. The molecule has 13 nitrogen and oxygen atoms in total. The van der Waals surface area contributed by atoms with Crippen LogP contribution in [0.15, 0.2) is 40.7 Å². The maximum atomic E-state index is 13.9. The number of benzene rings is 1. The molecule has 2 aromatic rings. The van der Waals surface area contributed by atoms with Crippen molar-refractivity contribution in [2.24, 2.45) is 11.7 Å². The van der Waals surface area contributed by atoms with E-state index in [4.69, 9.17) is 15.2 Å². The van der Waals surface area contributed by atoms with Crippen molar-refractivity contribution in [3.8, 4) is 0 Å². The van der Waals surface area contributed by atoms with E-state index in [1.165, 1.54) is 25.3 Å². The Morgan fingerprint density at radius 1 is 1.42 bits per heavy atom. The number of carbonyl (C=O) groups excluding carboxylic acids is 3. The number of nitrogens with one attached hydrogen (secondary N) is 2. The van der Waals surface area contributed by atoms with Gasteiger partial charge in [-0.05, 0) is 13.0 Å². The number of hydrogen-bond acceptors (Lipinski definition) is 12. The molecule has 1 aliphatic carbocycles. The van der Waals surface area contributed by atoms with E-state index in [9.17, 15) is 24.5 Å². The van der Waals surface area contributed by atoms with Crippen molar-refractivity contribution in [1.82, 2.24) is 15.2 Å². The van der Waals surface area contributed by atoms with E-state index >= 15 is 0 Å². The predicted octanol–water partition coefficient (Wildman–Crippen LogP) is 1.02. The van der Waals surface area contributed by atoms with Gasteiger partial charge >= 0.3 is 6.09 Å². The Bertz CT molecular complexity index is 1460. The number of nitrogens with zero attached hydrogens (tertiary/aromatic N) is 3. The lowest BCUT2D eigenvalue weighted by Gasteiger charge is -2.39. The van der Waals surface area contributed by atoms with Crippen molar-refractivity contribution in [3.05, 3.63) is 50.9 Å². The van der Waals surface area contributed by atoms with E-state index in [0.29, 0.717) is 21.9 Å². The minimum absolute atomic E-state index is 0.0455. The zero-order valence-corrected chi connectivity index (χ0v) is 19.9. The number of non-ortho nitro benzene ring substituents is 1. The van der Waals surface area contributed by atoms with Crippen LogP contribution in [0.2, 0.25) is 0 Å². The number of rotatable bonds is 6. The molecule has 1 aromatic heterocycles. The van der Waals surface area contributed by atoms with Gasteiger partial charge < -0.3 is 30.7 Å². The number of anilines is 1. The number of primary amides is 1. The molecule has 3 aliphatic heterocycles. The summed E-state index contributed by atoms with van der Waals surface area (Å²) in [5, 5.41) is 17.7. The third-order valence-electron chi connectivity index (χ3n) is 7.24. The summed E-state index contributed by atoms with van der Waals surface area (Å²) < 4.78 is 11.6. The molecule has 0 spiro atoms. The van der Waals surface area contributed by atoms with Gasteiger partial charge in [0.1, 0.15) is 6.61 Å². The lowest BCUT2D eigenvalue weighted by Crippen LogP contribution is -2.55. The Balaban J connectivity index is 1.38. The van der Waals surface area contributed by atoms with Crippen LogP contribution in [0.4, 0.5) is 15.6 Å². The molecule has 0 saturated carbocycles. The van der Waals surface area contributed by atoms with Crippen molar-refractivity contribution in [2.45, 2.75) is 24.7 Å². The standard InChI is InChI=1S/C22H20N6O7S/c1-8-15(26-21-25-11-4-3-9(28(32)33)5-13(11)36-21)18(30)14-10(7-35-20(23)31)22(34-2)19-12(24-19)6-27(22)16(14)17(8)29/h3-5,10,12,19,24H,6-7H2,1-2H3,(H2,23,31)(H,25,26)/t10-,12+,19+,22?/m0/s1. The first-order chi connectivity index (χ1) is 17.2. The van der Waals surface area contributed by atoms with Crippen molar-refractivity contribution < 1.29 is 28.8 Å². The smallest absolute Gasteiger partial charge is 0.404 e. The van der Waals surface area contributed by atoms with E-state index < -0.39 is 28.4 Å². The molecule has 4 aliphatic rings. The Morgan fingerprint density at radius 2 is 2.19 bits per heavy atom. The molecule has 2 saturated heterocycles. The molecular formula is C22H20N6O7S. The number of methoxy groups -OCH3 is 1. The Labute approximate surface area is 207 Å². The topological polar surface area (TPSA) is 189 Å². The molecule has 0 bridgehead atoms. The summed E-state index contributed by atoms with van der Waals surface area (Å²) in [5.41, 5.74) is 5.28. The fourth-order valence-corrected chi connectivity index (χ4v) is 6.53. The molecule has 4 heterocycles. The number of Topliss-reactive ketones (excluding diaryl/α,β-unsaturated/α-hetero) is 2. The van der Waals surface area contributed by atoms with E-state index in [2.05, 4.69) is 15.6 Å². The van der Waals surface area contributed by atoms with Crippen molar-refractivity contribution >= 4 is 50.0 Å². The summed E-state index contributed by atoms with van der Waals surface area (Å²) in [7, 11) is 1.50. The molecule has 14 heteroatoms. The zero-order valence-electron chi connectivity index (χ0n) is 19.1. The van der Waals surface area contributed by atoms with Crippen molar-refractivity contribution in [2.75, 3.05) is 25.6 Å². The highest BCUT2D eigenvalue weighted by molar-refractivity contribution is 7.22. The van der Waals surface area contributed by atoms with Gasteiger partial charge in [0.05, 0.1) is 38.5 Å². The largest absolute Gasteiger partial charge is 0.449 e. The SMILES string of the molecule is COC12[C@@H]3N[C@@H]3CN1C1=C(C(=O)C(Nc3nc4ccc([N+](=O)[O-])cc4s3)=C(C)C1=O)[C@@H]2COC(N)=O. The highest BCUT2D eigenvalue weighted by atomic mass is 32.1. The number of aromatic nitrogens is 1. The number of thiazole rings is 1. The monoisotopic (exact) mass is 512 g/mol. The average molecular weight is 513 g/mol. The second kappa shape index (κ2) is 7.56. The highest BCUT2D eigenvalue weighted by Crippen LogP contribution is 2.55. The number of nitro groups is 1. The maximum absolute atomic E-state index is 13.9. The number of piperazine rings is 1. The third kappa shape index (κ3) is 2.95. The van der Waals surface area contributed by atoms with Gasteiger partial charge in [-0.25, -0.2) is 9.78 Å². The first kappa shape index (κ1) is 22.6. The Morgan fingerprint density at radius 3 is 2.89 bits per heavy atom. The van der Waals surface area contributed by atoms with Crippen LogP contribution >= 0.6 is 11.3 Å². The summed E-state index contributed by atoms with van der Waals surface area (Å²) in [5.74, 6) is -1.53. The predicted molar refractivity (Wildman–Crippen MR) is 126 cm³/mol. The van der Waals surface area contributed by atoms with E-state index in [0.717, 1.165) is 11.3 Å². The molecule has 4 atom stereocenters. The average Bonchev–Trinajstić information content (AvgIpc) is 3.25. The van der Waals surface area contributed by atoms with Crippen LogP contribution in [0.3, 0.4) is 0 Å². The number of carbonyl (C=O) groups is 3. The summed E-state index contributed by atoms with van der Waals surface area (Å²) in [6.07, 6.45) is -0.997. The quantitative estimate of drug-likeness (QED) is 0.217. The minimum Gasteiger partial charge on any atom is -0.449 e. The van der Waals surface area contributed by atoms with Crippen LogP contribution in [0.5, 0.6) is 0 Å². The number of fused-ring (bicyclic) bond motifs is 5. The Hall–Kier alpha value is -3.88. The lowest BCUT2D eigenvalue weighted by molar-refractivity contribution is -0.384. The van der Waals surface area contributed by atoms with Crippen LogP contribution in [-0.4, -0.2) is 70.5 Å². The Kier molecular flexibility index (Phi) is 4.74. The summed E-state index contributed by atoms with van der Waals surface area (Å²) >= 11 is 1.12. The highest BCUT2D eigenvalue weighted by Gasteiger charge is 2.72. The number of hydrogen-bond donors (Lipinski definition) is 3. The summed E-state index contributed by atoms with van der Waals surface area (Å²) in [4.78, 5) is 55.7. The van der Waals surface area contributed by atoms with Gasteiger partial charge in [0.2, 0.25) is 11.6 Å². The van der Waals surface area contributed by atoms with Gasteiger partial charge in [-0.3, -0.25) is 19.7 Å². The third-order valence-corrected chi connectivity index (χ3v) is 8.18. The summed E-state index contributed by atoms with van der Waals surface area (Å²) in [6.45, 7) is 1.79. The first-order valence-corrected chi connectivity index (χ1v) is 11.9. The van der Waals surface area contributed by atoms with Crippen LogP contribution in [0.25, 0.3) is 10.2 Å². The fraction of sp³-hybridized carbons (Fsp3) is 0.364. The molecule has 1 amide bonds. The summed E-state index contributed by atoms with van der Waals surface area (Å²) in [6, 6.07) is 4.22. The number of allylic oxidation sites excluding steroid dienone is 2. The van der Waals surface area contributed by atoms with E-state index in [1.807, 2.05) is 0 Å². The van der Waals surface area contributed by atoms with Gasteiger partial charge in [-0.1, -0.05) is 11.3 Å². The molecule has 4 N–H and O–H groups in total. The van der Waals surface area contributed by atoms with Crippen molar-refractivity contribution in [1.29, 1.82) is 0 Å². The molecule has 1 aromatic carbocycles. The van der Waals surface area contributed by atoms with Gasteiger partial charge in [-0.2, -0.15) is 0 Å². The van der Waals surface area contributed by atoms with E-state index in [-0.39, 0.29) is 52.7 Å². The minimum atomic E-state index is -1.07. The van der Waals surface area contributed by atoms with Gasteiger partial charge in [-0.15, -0.1) is 0 Å². The molecule has 6 rings (SSSR count). The van der Waals surface area contributed by atoms with Gasteiger partial charge in [0, 0.05) is 43.0 Å². The van der Waals surface area contributed by atoms with Crippen LogP contribution < -0.4 is 16.4 Å². The molecule has 186 valence electrons. The normalized spacial score (nSPS) is 28.4. The number of nitrogens with two attached hydrogens (primary N) is 1. The number of ether oxygens (including phenoxy) is 2. The number of ketones is 2. The second-order valence-electron chi connectivity index (χ2n) is 8.97. The fourth-order valence-electron chi connectivity index (χ4n) is 5.63. The second-order valence-corrected chi connectivity index (χ2v) is 10.0. The van der Waals surface area contributed by atoms with Crippen LogP contribution in [0.1, 0.15) is 6.92 Å². The number of nitro benzene ring substituents is 1. The van der Waals surface area contributed by atoms with Gasteiger partial charge in [0.15, 0.2) is 10.9 Å². The molecule has 1 unspecified atom stereocenters. The maximum Gasteiger partial charge on any atom is 0.404 e. The van der Waals surface area contributed by atoms with Crippen molar-refractivity contribution in [3.63, 3.8) is 0 Å². The lowest BCUT2D eigenvalue weighted by atomic mass is 9.82.